The molecule has 2 rings (SSSR count). The van der Waals surface area contributed by atoms with E-state index in [4.69, 9.17) is 20.3 Å². The van der Waals surface area contributed by atoms with E-state index < -0.39 is 5.97 Å². The highest BCUT2D eigenvalue weighted by molar-refractivity contribution is 5.88. The van der Waals surface area contributed by atoms with Crippen LogP contribution >= 0.6 is 0 Å². The van der Waals surface area contributed by atoms with E-state index in [2.05, 4.69) is 15.3 Å². The third kappa shape index (κ3) is 5.96. The molecule has 8 heteroatoms. The van der Waals surface area contributed by atoms with Crippen molar-refractivity contribution in [1.82, 2.24) is 9.97 Å². The zero-order valence-corrected chi connectivity index (χ0v) is 15.4. The Kier molecular flexibility index (Phi) is 7.80. The standard InChI is InChI=1S/C18H28N4O4/c1-3-25-16(24)9-8-15-12(2)20-18(19)22-17(15)21-13-4-6-14(7-5-13)26-11-10-23/h8-9,13-14,23H,3-7,10-11H2,1-2H3,(H3,19,20,21,22)/b9-8+/t13-,14+. The minimum atomic E-state index is -0.406. The highest BCUT2D eigenvalue weighted by Crippen LogP contribution is 2.26. The van der Waals surface area contributed by atoms with E-state index in [1.807, 2.05) is 6.92 Å². The second-order valence-corrected chi connectivity index (χ2v) is 6.23. The molecular formula is C18H28N4O4. The summed E-state index contributed by atoms with van der Waals surface area (Å²) in [5.41, 5.74) is 7.22. The second-order valence-electron chi connectivity index (χ2n) is 6.23. The van der Waals surface area contributed by atoms with E-state index in [9.17, 15) is 4.79 Å². The van der Waals surface area contributed by atoms with Crippen molar-refractivity contribution >= 4 is 23.8 Å². The average molecular weight is 364 g/mol. The van der Waals surface area contributed by atoms with Crippen LogP contribution in [-0.4, -0.2) is 53.0 Å². The van der Waals surface area contributed by atoms with Crippen LogP contribution in [-0.2, 0) is 14.3 Å². The van der Waals surface area contributed by atoms with Crippen LogP contribution in [0.1, 0.15) is 43.9 Å². The van der Waals surface area contributed by atoms with Gasteiger partial charge in [0.05, 0.1) is 31.6 Å². The first-order valence-electron chi connectivity index (χ1n) is 9.01. The number of rotatable bonds is 8. The van der Waals surface area contributed by atoms with Gasteiger partial charge >= 0.3 is 5.97 Å². The number of nitrogens with zero attached hydrogens (tertiary/aromatic N) is 2. The van der Waals surface area contributed by atoms with Gasteiger partial charge in [0.15, 0.2) is 0 Å². The SMILES string of the molecule is CCOC(=O)/C=C/c1c(C)nc(N)nc1N[C@H]1CC[C@@H](OCCO)CC1. The maximum Gasteiger partial charge on any atom is 0.330 e. The number of hydrogen-bond donors (Lipinski definition) is 3. The summed E-state index contributed by atoms with van der Waals surface area (Å²) < 4.78 is 10.5. The summed E-state index contributed by atoms with van der Waals surface area (Å²) in [4.78, 5) is 20.1. The van der Waals surface area contributed by atoms with Crippen molar-refractivity contribution in [3.05, 3.63) is 17.3 Å². The molecule has 0 bridgehead atoms. The highest BCUT2D eigenvalue weighted by atomic mass is 16.5. The van der Waals surface area contributed by atoms with Gasteiger partial charge in [-0.15, -0.1) is 0 Å². The van der Waals surface area contributed by atoms with Gasteiger partial charge in [0, 0.05) is 17.7 Å². The molecule has 1 aliphatic carbocycles. The van der Waals surface area contributed by atoms with Gasteiger partial charge < -0.3 is 25.6 Å². The van der Waals surface area contributed by atoms with Crippen LogP contribution in [0.15, 0.2) is 6.08 Å². The largest absolute Gasteiger partial charge is 0.463 e. The number of aliphatic hydroxyl groups excluding tert-OH is 1. The Morgan fingerprint density at radius 1 is 1.35 bits per heavy atom. The molecule has 1 saturated carbocycles. The molecule has 0 spiro atoms. The summed E-state index contributed by atoms with van der Waals surface area (Å²) in [7, 11) is 0. The second kappa shape index (κ2) is 10.1. The van der Waals surface area contributed by atoms with Crippen LogP contribution in [0.2, 0.25) is 0 Å². The zero-order valence-electron chi connectivity index (χ0n) is 15.4. The smallest absolute Gasteiger partial charge is 0.330 e. The predicted molar refractivity (Wildman–Crippen MR) is 99.6 cm³/mol. The first-order chi connectivity index (χ1) is 12.5. The fourth-order valence-electron chi connectivity index (χ4n) is 3.04. The number of ether oxygens (including phenoxy) is 2. The number of aromatic nitrogens is 2. The molecule has 1 aliphatic rings. The number of aryl methyl sites for hydroxylation is 1. The Morgan fingerprint density at radius 3 is 2.73 bits per heavy atom. The molecule has 26 heavy (non-hydrogen) atoms. The van der Waals surface area contributed by atoms with Crippen molar-refractivity contribution < 1.29 is 19.4 Å². The highest BCUT2D eigenvalue weighted by Gasteiger charge is 2.23. The molecule has 1 fully saturated rings. The van der Waals surface area contributed by atoms with E-state index in [1.54, 1.807) is 13.0 Å². The van der Waals surface area contributed by atoms with E-state index in [-0.39, 0.29) is 24.7 Å². The van der Waals surface area contributed by atoms with Crippen LogP contribution in [0, 0.1) is 6.92 Å². The predicted octanol–water partition coefficient (Wildman–Crippen LogP) is 1.68. The van der Waals surface area contributed by atoms with E-state index in [1.165, 1.54) is 6.08 Å². The lowest BCUT2D eigenvalue weighted by Crippen LogP contribution is -2.31. The minimum absolute atomic E-state index is 0.0494. The Bertz CT molecular complexity index is 628. The van der Waals surface area contributed by atoms with Crippen molar-refractivity contribution in [1.29, 1.82) is 0 Å². The molecule has 0 atom stereocenters. The molecule has 8 nitrogen and oxygen atoms in total. The van der Waals surface area contributed by atoms with Crippen molar-refractivity contribution in [3.63, 3.8) is 0 Å². The number of nitrogens with one attached hydrogen (secondary N) is 1. The van der Waals surface area contributed by atoms with Gasteiger partial charge in [0.2, 0.25) is 5.95 Å². The van der Waals surface area contributed by atoms with Gasteiger partial charge in [0.1, 0.15) is 5.82 Å². The fraction of sp³-hybridized carbons (Fsp3) is 0.611. The Morgan fingerprint density at radius 2 is 2.08 bits per heavy atom. The maximum absolute atomic E-state index is 11.6. The number of esters is 1. The van der Waals surface area contributed by atoms with Crippen molar-refractivity contribution in [3.8, 4) is 0 Å². The van der Waals surface area contributed by atoms with Gasteiger partial charge in [-0.05, 0) is 45.6 Å². The third-order valence-corrected chi connectivity index (χ3v) is 4.29. The summed E-state index contributed by atoms with van der Waals surface area (Å²) in [6.45, 7) is 4.35. The van der Waals surface area contributed by atoms with Crippen molar-refractivity contribution in [2.75, 3.05) is 30.9 Å². The topological polar surface area (TPSA) is 120 Å². The normalized spacial score (nSPS) is 20.3. The van der Waals surface area contributed by atoms with Crippen molar-refractivity contribution in [2.24, 2.45) is 0 Å². The zero-order chi connectivity index (χ0) is 18.9. The van der Waals surface area contributed by atoms with Crippen molar-refractivity contribution in [2.45, 2.75) is 51.7 Å². The fourth-order valence-corrected chi connectivity index (χ4v) is 3.04. The van der Waals surface area contributed by atoms with E-state index in [0.29, 0.717) is 24.7 Å². The third-order valence-electron chi connectivity index (χ3n) is 4.29. The summed E-state index contributed by atoms with van der Waals surface area (Å²) in [5.74, 6) is 0.407. The number of anilines is 2. The first kappa shape index (κ1) is 20.1. The summed E-state index contributed by atoms with van der Waals surface area (Å²) in [6.07, 6.45) is 6.93. The van der Waals surface area contributed by atoms with Gasteiger partial charge in [-0.25, -0.2) is 9.78 Å². The van der Waals surface area contributed by atoms with Crippen LogP contribution < -0.4 is 11.1 Å². The lowest BCUT2D eigenvalue weighted by atomic mass is 9.93. The molecule has 0 aromatic carbocycles. The molecular weight excluding hydrogens is 336 g/mol. The number of carbonyl (C=O) groups excluding carboxylic acids is 1. The van der Waals surface area contributed by atoms with E-state index in [0.717, 1.165) is 31.2 Å². The minimum Gasteiger partial charge on any atom is -0.463 e. The number of nitrogen functional groups attached to an aromatic ring is 1. The molecule has 0 saturated heterocycles. The van der Waals surface area contributed by atoms with Crippen LogP contribution in [0.25, 0.3) is 6.08 Å². The number of aliphatic hydroxyl groups is 1. The maximum atomic E-state index is 11.6. The molecule has 0 amide bonds. The molecule has 1 aromatic rings. The summed E-state index contributed by atoms with van der Waals surface area (Å²) in [6, 6.07) is 0.243. The molecule has 1 heterocycles. The first-order valence-corrected chi connectivity index (χ1v) is 9.01. The molecule has 144 valence electrons. The lowest BCUT2D eigenvalue weighted by Gasteiger charge is -2.29. The Labute approximate surface area is 153 Å². The molecule has 4 N–H and O–H groups in total. The summed E-state index contributed by atoms with van der Waals surface area (Å²) >= 11 is 0. The average Bonchev–Trinajstić information content (AvgIpc) is 2.60. The number of hydrogen-bond acceptors (Lipinski definition) is 8. The van der Waals surface area contributed by atoms with Crippen LogP contribution in [0.5, 0.6) is 0 Å². The molecule has 1 aromatic heterocycles. The molecule has 0 radical (unpaired) electrons. The van der Waals surface area contributed by atoms with Crippen LogP contribution in [0.3, 0.4) is 0 Å². The molecule has 0 aliphatic heterocycles. The van der Waals surface area contributed by atoms with Crippen LogP contribution in [0.4, 0.5) is 11.8 Å². The van der Waals surface area contributed by atoms with Gasteiger partial charge in [0.25, 0.3) is 0 Å². The quantitative estimate of drug-likeness (QED) is 0.471. The number of carbonyl (C=O) groups is 1. The van der Waals surface area contributed by atoms with Gasteiger partial charge in [-0.3, -0.25) is 0 Å². The Hall–Kier alpha value is -2.19. The summed E-state index contributed by atoms with van der Waals surface area (Å²) in [5, 5.41) is 12.3. The lowest BCUT2D eigenvalue weighted by molar-refractivity contribution is -0.137. The Balaban J connectivity index is 2.05. The van der Waals surface area contributed by atoms with Gasteiger partial charge in [-0.1, -0.05) is 0 Å². The number of nitrogens with two attached hydrogens (primary N) is 1. The van der Waals surface area contributed by atoms with E-state index >= 15 is 0 Å². The molecule has 0 unspecified atom stereocenters. The van der Waals surface area contributed by atoms with Gasteiger partial charge in [-0.2, -0.15) is 4.98 Å². The monoisotopic (exact) mass is 364 g/mol.